The molecule has 2 aromatic rings. The molecule has 2 N–H and O–H groups in total. The molecule has 2 heterocycles. The number of halogens is 1. The summed E-state index contributed by atoms with van der Waals surface area (Å²) < 4.78 is 18.7. The zero-order valence-electron chi connectivity index (χ0n) is 12.2. The molecular formula is C16H18FN3O2. The standard InChI is InChI=1S/C16H18FN3O2/c17-12-6-4-11(5-7-12)14-9-19-15(22-14)10-20-8-2-1-3-13(20)16(18)21/h4-7,9,13H,1-3,8,10H2,(H2,18,21)/t13-/m1/s1. The van der Waals surface area contributed by atoms with Crippen molar-refractivity contribution < 1.29 is 13.6 Å². The number of hydrogen-bond acceptors (Lipinski definition) is 4. The van der Waals surface area contributed by atoms with Gasteiger partial charge in [0.1, 0.15) is 5.82 Å². The van der Waals surface area contributed by atoms with E-state index in [-0.39, 0.29) is 17.8 Å². The minimum Gasteiger partial charge on any atom is -0.439 e. The molecule has 0 unspecified atom stereocenters. The summed E-state index contributed by atoms with van der Waals surface area (Å²) in [5.41, 5.74) is 6.22. The number of primary amides is 1. The molecule has 22 heavy (non-hydrogen) atoms. The summed E-state index contributed by atoms with van der Waals surface area (Å²) >= 11 is 0. The number of benzene rings is 1. The Kier molecular flexibility index (Phi) is 4.20. The molecule has 5 nitrogen and oxygen atoms in total. The van der Waals surface area contributed by atoms with E-state index in [4.69, 9.17) is 10.2 Å². The fourth-order valence-electron chi connectivity index (χ4n) is 2.81. The van der Waals surface area contributed by atoms with Gasteiger partial charge in [0, 0.05) is 5.56 Å². The van der Waals surface area contributed by atoms with Gasteiger partial charge in [-0.2, -0.15) is 0 Å². The summed E-state index contributed by atoms with van der Waals surface area (Å²) in [4.78, 5) is 17.8. The van der Waals surface area contributed by atoms with Gasteiger partial charge in [-0.25, -0.2) is 9.37 Å². The van der Waals surface area contributed by atoms with Crippen LogP contribution < -0.4 is 5.73 Å². The highest BCUT2D eigenvalue weighted by molar-refractivity contribution is 5.79. The second kappa shape index (κ2) is 6.27. The number of oxazole rings is 1. The molecule has 0 bridgehead atoms. The maximum Gasteiger partial charge on any atom is 0.234 e. The van der Waals surface area contributed by atoms with E-state index in [0.717, 1.165) is 31.4 Å². The van der Waals surface area contributed by atoms with Crippen molar-refractivity contribution in [2.24, 2.45) is 5.73 Å². The first-order valence-corrected chi connectivity index (χ1v) is 7.37. The summed E-state index contributed by atoms with van der Waals surface area (Å²) in [5, 5.41) is 0. The van der Waals surface area contributed by atoms with Crippen LogP contribution in [0.1, 0.15) is 25.2 Å². The monoisotopic (exact) mass is 303 g/mol. The van der Waals surface area contributed by atoms with Crippen LogP contribution in [0, 0.1) is 5.82 Å². The summed E-state index contributed by atoms with van der Waals surface area (Å²) in [7, 11) is 0. The molecule has 0 saturated carbocycles. The fourth-order valence-corrected chi connectivity index (χ4v) is 2.81. The number of aromatic nitrogens is 1. The molecule has 1 aliphatic heterocycles. The second-order valence-electron chi connectivity index (χ2n) is 5.51. The SMILES string of the molecule is NC(=O)[C@H]1CCCCN1Cc1ncc(-c2ccc(F)cc2)o1. The van der Waals surface area contributed by atoms with E-state index in [1.165, 1.54) is 12.1 Å². The third kappa shape index (κ3) is 3.17. The predicted octanol–water partition coefficient (Wildman–Crippen LogP) is 2.32. The molecule has 1 amide bonds. The van der Waals surface area contributed by atoms with Crippen LogP contribution in [0.5, 0.6) is 0 Å². The molecule has 1 fully saturated rings. The summed E-state index contributed by atoms with van der Waals surface area (Å²) in [6.45, 7) is 1.26. The lowest BCUT2D eigenvalue weighted by Crippen LogP contribution is -2.47. The van der Waals surface area contributed by atoms with Crippen molar-refractivity contribution in [2.75, 3.05) is 6.54 Å². The molecule has 0 aliphatic carbocycles. The van der Waals surface area contributed by atoms with Crippen LogP contribution in [0.25, 0.3) is 11.3 Å². The van der Waals surface area contributed by atoms with E-state index >= 15 is 0 Å². The third-order valence-corrected chi connectivity index (χ3v) is 3.96. The maximum atomic E-state index is 12.9. The van der Waals surface area contributed by atoms with Crippen LogP contribution >= 0.6 is 0 Å². The Balaban J connectivity index is 1.73. The van der Waals surface area contributed by atoms with Crippen molar-refractivity contribution in [1.29, 1.82) is 0 Å². The quantitative estimate of drug-likeness (QED) is 0.941. The van der Waals surface area contributed by atoms with Gasteiger partial charge < -0.3 is 10.2 Å². The number of amides is 1. The number of likely N-dealkylation sites (tertiary alicyclic amines) is 1. The van der Waals surface area contributed by atoms with E-state index in [9.17, 15) is 9.18 Å². The van der Waals surface area contributed by atoms with Crippen LogP contribution in [0.3, 0.4) is 0 Å². The van der Waals surface area contributed by atoms with Gasteiger partial charge in [0.15, 0.2) is 5.76 Å². The Morgan fingerprint density at radius 1 is 1.36 bits per heavy atom. The summed E-state index contributed by atoms with van der Waals surface area (Å²) in [6.07, 6.45) is 4.44. The number of nitrogens with zero attached hydrogens (tertiary/aromatic N) is 2. The third-order valence-electron chi connectivity index (χ3n) is 3.96. The van der Waals surface area contributed by atoms with Gasteiger partial charge in [0.2, 0.25) is 11.8 Å². The van der Waals surface area contributed by atoms with E-state index in [1.54, 1.807) is 18.3 Å². The van der Waals surface area contributed by atoms with Crippen molar-refractivity contribution in [1.82, 2.24) is 9.88 Å². The smallest absolute Gasteiger partial charge is 0.234 e. The molecule has 116 valence electrons. The highest BCUT2D eigenvalue weighted by Crippen LogP contribution is 2.23. The maximum absolute atomic E-state index is 12.9. The topological polar surface area (TPSA) is 72.4 Å². The zero-order valence-corrected chi connectivity index (χ0v) is 12.2. The van der Waals surface area contributed by atoms with Crippen LogP contribution in [0.15, 0.2) is 34.9 Å². The number of piperidine rings is 1. The van der Waals surface area contributed by atoms with E-state index in [0.29, 0.717) is 18.2 Å². The van der Waals surface area contributed by atoms with Crippen molar-refractivity contribution in [3.8, 4) is 11.3 Å². The van der Waals surface area contributed by atoms with Crippen molar-refractivity contribution >= 4 is 5.91 Å². The first-order chi connectivity index (χ1) is 10.6. The number of hydrogen-bond donors (Lipinski definition) is 1. The second-order valence-corrected chi connectivity index (χ2v) is 5.51. The van der Waals surface area contributed by atoms with Crippen LogP contribution in [-0.2, 0) is 11.3 Å². The molecule has 1 aromatic heterocycles. The molecule has 3 rings (SSSR count). The van der Waals surface area contributed by atoms with Gasteiger partial charge in [-0.1, -0.05) is 6.42 Å². The molecule has 1 atom stereocenters. The van der Waals surface area contributed by atoms with Gasteiger partial charge in [0.05, 0.1) is 18.8 Å². The van der Waals surface area contributed by atoms with Gasteiger partial charge in [-0.05, 0) is 43.7 Å². The molecular weight excluding hydrogens is 285 g/mol. The Morgan fingerprint density at radius 2 is 2.14 bits per heavy atom. The van der Waals surface area contributed by atoms with Gasteiger partial charge in [-0.15, -0.1) is 0 Å². The molecule has 1 saturated heterocycles. The van der Waals surface area contributed by atoms with Crippen LogP contribution in [0.4, 0.5) is 4.39 Å². The van der Waals surface area contributed by atoms with E-state index in [2.05, 4.69) is 4.98 Å². The largest absolute Gasteiger partial charge is 0.439 e. The van der Waals surface area contributed by atoms with E-state index < -0.39 is 0 Å². The summed E-state index contributed by atoms with van der Waals surface area (Å²) in [6, 6.07) is 5.80. The Hall–Kier alpha value is -2.21. The van der Waals surface area contributed by atoms with E-state index in [1.807, 2.05) is 4.90 Å². The number of rotatable bonds is 4. The van der Waals surface area contributed by atoms with Gasteiger partial charge in [-0.3, -0.25) is 9.69 Å². The zero-order chi connectivity index (χ0) is 15.5. The number of carbonyl (C=O) groups is 1. The molecule has 0 spiro atoms. The van der Waals surface area contributed by atoms with Gasteiger partial charge >= 0.3 is 0 Å². The molecule has 6 heteroatoms. The lowest BCUT2D eigenvalue weighted by atomic mass is 10.0. The first-order valence-electron chi connectivity index (χ1n) is 7.37. The Bertz CT molecular complexity index is 654. The molecule has 1 aromatic carbocycles. The normalized spacial score (nSPS) is 19.2. The number of nitrogens with two attached hydrogens (primary N) is 1. The lowest BCUT2D eigenvalue weighted by Gasteiger charge is -2.32. The van der Waals surface area contributed by atoms with Gasteiger partial charge in [0.25, 0.3) is 0 Å². The first kappa shape index (κ1) is 14.7. The van der Waals surface area contributed by atoms with Crippen molar-refractivity contribution in [3.05, 3.63) is 42.2 Å². The fraction of sp³-hybridized carbons (Fsp3) is 0.375. The average molecular weight is 303 g/mol. The summed E-state index contributed by atoms with van der Waals surface area (Å²) in [5.74, 6) is 0.529. The predicted molar refractivity (Wildman–Crippen MR) is 79.1 cm³/mol. The average Bonchev–Trinajstić information content (AvgIpc) is 2.97. The molecule has 1 aliphatic rings. The molecule has 0 radical (unpaired) electrons. The highest BCUT2D eigenvalue weighted by Gasteiger charge is 2.27. The number of carbonyl (C=O) groups excluding carboxylic acids is 1. The van der Waals surface area contributed by atoms with Crippen molar-refractivity contribution in [2.45, 2.75) is 31.8 Å². The van der Waals surface area contributed by atoms with Crippen molar-refractivity contribution in [3.63, 3.8) is 0 Å². The Morgan fingerprint density at radius 3 is 2.86 bits per heavy atom. The van der Waals surface area contributed by atoms with Crippen LogP contribution in [0.2, 0.25) is 0 Å². The lowest BCUT2D eigenvalue weighted by molar-refractivity contribution is -0.124. The minimum atomic E-state index is -0.301. The van der Waals surface area contributed by atoms with Crippen LogP contribution in [-0.4, -0.2) is 28.4 Å². The minimum absolute atomic E-state index is 0.255. The highest BCUT2D eigenvalue weighted by atomic mass is 19.1. The Labute approximate surface area is 127 Å².